The molecule has 2 amide bonds. The molecule has 1 unspecified atom stereocenters. The van der Waals surface area contributed by atoms with E-state index >= 15 is 0 Å². The highest BCUT2D eigenvalue weighted by atomic mass is 16.6. The number of nitrogens with zero attached hydrogens (tertiary/aromatic N) is 4. The number of Topliss-reactive ketones (excluding diaryl/α,β-unsaturated/α-hetero) is 1. The van der Waals surface area contributed by atoms with E-state index in [4.69, 9.17) is 19.2 Å². The second-order valence-electron chi connectivity index (χ2n) is 14.3. The molecule has 0 aliphatic carbocycles. The fourth-order valence-electron chi connectivity index (χ4n) is 6.64. The Kier molecular flexibility index (Phi) is 11.2. The molecule has 0 saturated carbocycles. The van der Waals surface area contributed by atoms with Gasteiger partial charge in [-0.1, -0.05) is 44.5 Å². The van der Waals surface area contributed by atoms with Crippen molar-refractivity contribution in [1.82, 2.24) is 19.2 Å². The minimum Gasteiger partial charge on any atom is -0.487 e. The number of carbonyl (C=O) groups is 3. The lowest BCUT2D eigenvalue weighted by atomic mass is 9.75. The number of ether oxygens (including phenoxy) is 3. The Morgan fingerprint density at radius 1 is 0.957 bits per heavy atom. The topological polar surface area (TPSA) is 103 Å². The summed E-state index contributed by atoms with van der Waals surface area (Å²) in [4.78, 5) is 49.9. The summed E-state index contributed by atoms with van der Waals surface area (Å²) >= 11 is 0. The van der Waals surface area contributed by atoms with Gasteiger partial charge in [0.2, 0.25) is 5.91 Å². The first-order valence-electron chi connectivity index (χ1n) is 17.0. The van der Waals surface area contributed by atoms with Gasteiger partial charge < -0.3 is 24.0 Å². The highest BCUT2D eigenvalue weighted by Gasteiger charge is 2.41. The van der Waals surface area contributed by atoms with Gasteiger partial charge in [-0.2, -0.15) is 0 Å². The molecule has 2 fully saturated rings. The third kappa shape index (κ3) is 9.12. The normalized spacial score (nSPS) is 19.5. The van der Waals surface area contributed by atoms with Gasteiger partial charge in [0.1, 0.15) is 29.3 Å². The standard InChI is InChI=1S/C37H50N4O6/c1-26(2)14-15-27(22-32(42)34-31(25-46-30-11-7-6-8-12-30)41-16-10-9-13-33(41)38-34)28-21-29(35(43)39-17-19-45-20-18-39)24-40(23-28)36(44)47-37(3,4)5/h6-13,16,26-29H,14-15,17-25H2,1-5H3/t27?,28-,29+/m0/s1. The number of ketones is 1. The summed E-state index contributed by atoms with van der Waals surface area (Å²) in [5, 5.41) is 0. The van der Waals surface area contributed by atoms with Gasteiger partial charge in [0, 0.05) is 38.8 Å². The second-order valence-corrected chi connectivity index (χ2v) is 14.3. The first-order valence-corrected chi connectivity index (χ1v) is 17.0. The molecular weight excluding hydrogens is 596 g/mol. The monoisotopic (exact) mass is 646 g/mol. The smallest absolute Gasteiger partial charge is 0.410 e. The average molecular weight is 647 g/mol. The van der Waals surface area contributed by atoms with Crippen molar-refractivity contribution in [2.75, 3.05) is 39.4 Å². The largest absolute Gasteiger partial charge is 0.487 e. The molecule has 0 spiro atoms. The number of fused-ring (bicyclic) bond motifs is 1. The summed E-state index contributed by atoms with van der Waals surface area (Å²) in [5.74, 6) is 0.653. The van der Waals surface area contributed by atoms with Crippen LogP contribution in [0.1, 0.15) is 76.5 Å². The van der Waals surface area contributed by atoms with Crippen molar-refractivity contribution in [3.63, 3.8) is 0 Å². The SMILES string of the molecule is CC(C)CCC(CC(=O)c1nc2ccccn2c1COc1ccccc1)[C@H]1C[C@@H](C(=O)N2CCOCC2)CN(C(=O)OC(C)(C)C)C1. The van der Waals surface area contributed by atoms with E-state index < -0.39 is 11.7 Å². The predicted molar refractivity (Wildman–Crippen MR) is 179 cm³/mol. The number of morpholine rings is 1. The van der Waals surface area contributed by atoms with Crippen LogP contribution in [0.2, 0.25) is 0 Å². The molecule has 0 N–H and O–H groups in total. The van der Waals surface area contributed by atoms with E-state index in [9.17, 15) is 14.4 Å². The Hall–Kier alpha value is -3.92. The Morgan fingerprint density at radius 3 is 2.38 bits per heavy atom. The van der Waals surface area contributed by atoms with Crippen molar-refractivity contribution in [3.05, 3.63) is 66.1 Å². The van der Waals surface area contributed by atoms with Crippen LogP contribution in [0.25, 0.3) is 5.65 Å². The van der Waals surface area contributed by atoms with Gasteiger partial charge in [0.05, 0.1) is 24.8 Å². The Labute approximate surface area is 278 Å². The molecule has 1 aromatic carbocycles. The second kappa shape index (κ2) is 15.3. The van der Waals surface area contributed by atoms with Crippen LogP contribution >= 0.6 is 0 Å². The lowest BCUT2D eigenvalue weighted by molar-refractivity contribution is -0.142. The highest BCUT2D eigenvalue weighted by molar-refractivity contribution is 5.96. The zero-order valence-electron chi connectivity index (χ0n) is 28.5. The van der Waals surface area contributed by atoms with Gasteiger partial charge in [0.15, 0.2) is 5.78 Å². The van der Waals surface area contributed by atoms with E-state index in [1.807, 2.05) is 84.8 Å². The number of pyridine rings is 1. The number of hydrogen-bond donors (Lipinski definition) is 0. The van der Waals surface area contributed by atoms with Gasteiger partial charge in [-0.25, -0.2) is 9.78 Å². The molecule has 2 aliphatic rings. The number of carbonyl (C=O) groups excluding carboxylic acids is 3. The van der Waals surface area contributed by atoms with Gasteiger partial charge in [-0.3, -0.25) is 14.0 Å². The molecule has 254 valence electrons. The Morgan fingerprint density at radius 2 is 1.68 bits per heavy atom. The van der Waals surface area contributed by atoms with Gasteiger partial charge in [-0.15, -0.1) is 0 Å². The number of benzene rings is 1. The lowest BCUT2D eigenvalue weighted by Gasteiger charge is -2.42. The van der Waals surface area contributed by atoms with Crippen LogP contribution in [0, 0.1) is 23.7 Å². The van der Waals surface area contributed by atoms with Crippen LogP contribution in [-0.4, -0.2) is 82.0 Å². The number of aromatic nitrogens is 2. The number of piperidine rings is 1. The molecule has 2 saturated heterocycles. The van der Waals surface area contributed by atoms with Crippen LogP contribution in [0.15, 0.2) is 54.7 Å². The fourth-order valence-corrected chi connectivity index (χ4v) is 6.64. The zero-order valence-corrected chi connectivity index (χ0v) is 28.5. The predicted octanol–water partition coefficient (Wildman–Crippen LogP) is 6.27. The summed E-state index contributed by atoms with van der Waals surface area (Å²) in [5.41, 5.74) is 1.13. The molecule has 47 heavy (non-hydrogen) atoms. The summed E-state index contributed by atoms with van der Waals surface area (Å²) in [6.45, 7) is 13.0. The van der Waals surface area contributed by atoms with E-state index in [1.54, 1.807) is 4.90 Å². The minimum absolute atomic E-state index is 0.0428. The molecule has 0 bridgehead atoms. The number of likely N-dealkylation sites (tertiary alicyclic amines) is 1. The van der Waals surface area contributed by atoms with Crippen LogP contribution in [0.5, 0.6) is 5.75 Å². The first kappa shape index (κ1) is 34.4. The number of imidazole rings is 1. The number of para-hydroxylation sites is 1. The van der Waals surface area contributed by atoms with E-state index in [1.165, 1.54) is 0 Å². The molecule has 3 aromatic rings. The maximum atomic E-state index is 14.3. The maximum absolute atomic E-state index is 14.3. The van der Waals surface area contributed by atoms with Gasteiger partial charge in [0.25, 0.3) is 0 Å². The fraction of sp³-hybridized carbons (Fsp3) is 0.568. The molecular formula is C37H50N4O6. The van der Waals surface area contributed by atoms with Crippen LogP contribution in [0.4, 0.5) is 4.79 Å². The van der Waals surface area contributed by atoms with Crippen molar-refractivity contribution in [3.8, 4) is 5.75 Å². The Balaban J connectivity index is 1.42. The summed E-state index contributed by atoms with van der Waals surface area (Å²) in [6.07, 6.45) is 4.09. The molecule has 10 heteroatoms. The number of rotatable bonds is 11. The average Bonchev–Trinajstić information content (AvgIpc) is 3.43. The van der Waals surface area contributed by atoms with Gasteiger partial charge in [-0.05, 0) is 75.6 Å². The van der Waals surface area contributed by atoms with Crippen molar-refractivity contribution in [1.29, 1.82) is 0 Å². The quantitative estimate of drug-likeness (QED) is 0.226. The Bertz CT molecular complexity index is 1510. The van der Waals surface area contributed by atoms with E-state index in [-0.39, 0.29) is 42.5 Å². The molecule has 2 aromatic heterocycles. The van der Waals surface area contributed by atoms with Crippen molar-refractivity contribution in [2.45, 2.75) is 72.5 Å². The number of hydrogen-bond acceptors (Lipinski definition) is 7. The van der Waals surface area contributed by atoms with Crippen molar-refractivity contribution < 1.29 is 28.6 Å². The molecule has 10 nitrogen and oxygen atoms in total. The molecule has 0 radical (unpaired) electrons. The van der Waals surface area contributed by atoms with Crippen LogP contribution in [0.3, 0.4) is 0 Å². The van der Waals surface area contributed by atoms with Crippen LogP contribution < -0.4 is 4.74 Å². The zero-order chi connectivity index (χ0) is 33.6. The summed E-state index contributed by atoms with van der Waals surface area (Å²) in [7, 11) is 0. The highest BCUT2D eigenvalue weighted by Crippen LogP contribution is 2.36. The number of amides is 2. The third-order valence-electron chi connectivity index (χ3n) is 9.05. The first-order chi connectivity index (χ1) is 22.5. The van der Waals surface area contributed by atoms with Crippen LogP contribution in [-0.2, 0) is 20.9 Å². The van der Waals surface area contributed by atoms with E-state index in [2.05, 4.69) is 13.8 Å². The lowest BCUT2D eigenvalue weighted by Crippen LogP contribution is -2.53. The van der Waals surface area contributed by atoms with Crippen molar-refractivity contribution >= 4 is 23.4 Å². The minimum atomic E-state index is -0.665. The summed E-state index contributed by atoms with van der Waals surface area (Å²) in [6, 6.07) is 15.3. The molecule has 5 rings (SSSR count). The molecule has 2 aliphatic heterocycles. The van der Waals surface area contributed by atoms with E-state index in [0.29, 0.717) is 74.5 Å². The third-order valence-corrected chi connectivity index (χ3v) is 9.05. The maximum Gasteiger partial charge on any atom is 0.410 e. The molecule has 4 heterocycles. The van der Waals surface area contributed by atoms with Crippen molar-refractivity contribution in [2.24, 2.45) is 23.7 Å². The summed E-state index contributed by atoms with van der Waals surface area (Å²) < 4.78 is 19.3. The molecule has 3 atom stereocenters. The van der Waals surface area contributed by atoms with Gasteiger partial charge >= 0.3 is 6.09 Å². The van der Waals surface area contributed by atoms with E-state index in [0.717, 1.165) is 12.8 Å².